The molecule has 0 saturated carbocycles. The number of nitriles is 1. The van der Waals surface area contributed by atoms with Gasteiger partial charge in [-0.15, -0.1) is 0 Å². The smallest absolute Gasteiger partial charge is 0.143 e. The summed E-state index contributed by atoms with van der Waals surface area (Å²) in [6, 6.07) is 14.2. The maximum absolute atomic E-state index is 14.0. The van der Waals surface area contributed by atoms with Crippen molar-refractivity contribution in [1.82, 2.24) is 9.88 Å². The number of pyridine rings is 1. The van der Waals surface area contributed by atoms with Crippen LogP contribution in [0, 0.1) is 11.3 Å². The molecular formula is C29H35FN4. The molecule has 4 rings (SSSR count). The fourth-order valence-electron chi connectivity index (χ4n) is 4.88. The van der Waals surface area contributed by atoms with E-state index in [0.717, 1.165) is 56.6 Å². The first kappa shape index (κ1) is 24.2. The third kappa shape index (κ3) is 5.56. The number of hydrogen-bond acceptors (Lipinski definition) is 4. The molecule has 0 radical (unpaired) electrons. The van der Waals surface area contributed by atoms with E-state index in [9.17, 15) is 4.39 Å². The summed E-state index contributed by atoms with van der Waals surface area (Å²) < 4.78 is 14.0. The maximum Gasteiger partial charge on any atom is 0.143 e. The fourth-order valence-corrected chi connectivity index (χ4v) is 4.88. The van der Waals surface area contributed by atoms with E-state index < -0.39 is 6.80 Å². The number of benzene rings is 1. The lowest BCUT2D eigenvalue weighted by atomic mass is 9.85. The minimum absolute atomic E-state index is 0.0627. The quantitative estimate of drug-likeness (QED) is 0.392. The lowest BCUT2D eigenvalue weighted by Gasteiger charge is -2.32. The first-order valence-electron chi connectivity index (χ1n) is 12.6. The van der Waals surface area contributed by atoms with Gasteiger partial charge in [-0.1, -0.05) is 36.3 Å². The highest BCUT2D eigenvalue weighted by Crippen LogP contribution is 2.35. The zero-order valence-electron chi connectivity index (χ0n) is 20.4. The van der Waals surface area contributed by atoms with Gasteiger partial charge in [0.1, 0.15) is 12.6 Å². The largest absolute Gasteiger partial charge is 0.356 e. The summed E-state index contributed by atoms with van der Waals surface area (Å²) in [7, 11) is 0. The van der Waals surface area contributed by atoms with Crippen molar-refractivity contribution < 1.29 is 4.39 Å². The van der Waals surface area contributed by atoms with Gasteiger partial charge in [0.25, 0.3) is 0 Å². The van der Waals surface area contributed by atoms with Crippen LogP contribution < -0.4 is 4.90 Å². The Morgan fingerprint density at radius 2 is 1.94 bits per heavy atom. The number of rotatable bonds is 10. The Bertz CT molecular complexity index is 1060. The Morgan fingerprint density at radius 1 is 1.15 bits per heavy atom. The van der Waals surface area contributed by atoms with Gasteiger partial charge in [-0.2, -0.15) is 5.26 Å². The molecule has 2 heterocycles. The van der Waals surface area contributed by atoms with Gasteiger partial charge in [-0.05, 0) is 80.9 Å². The van der Waals surface area contributed by atoms with Crippen LogP contribution in [0.15, 0.2) is 59.8 Å². The number of aryl methyl sites for hydroxylation is 1. The van der Waals surface area contributed by atoms with E-state index in [2.05, 4.69) is 43.0 Å². The van der Waals surface area contributed by atoms with E-state index in [1.54, 1.807) is 0 Å². The summed E-state index contributed by atoms with van der Waals surface area (Å²) in [4.78, 5) is 8.97. The van der Waals surface area contributed by atoms with Crippen molar-refractivity contribution in [2.75, 3.05) is 31.3 Å². The van der Waals surface area contributed by atoms with E-state index in [1.807, 2.05) is 35.4 Å². The summed E-state index contributed by atoms with van der Waals surface area (Å²) in [5.74, 6) is 1.06. The van der Waals surface area contributed by atoms with Gasteiger partial charge in [0, 0.05) is 37.4 Å². The van der Waals surface area contributed by atoms with Crippen LogP contribution in [0.2, 0.25) is 0 Å². The topological polar surface area (TPSA) is 43.2 Å². The number of allylic oxidation sites excluding steroid dienone is 3. The second-order valence-corrected chi connectivity index (χ2v) is 9.36. The molecule has 0 bridgehead atoms. The Hall–Kier alpha value is -2.97. The highest BCUT2D eigenvalue weighted by molar-refractivity contribution is 5.78. The molecule has 5 heteroatoms. The van der Waals surface area contributed by atoms with Gasteiger partial charge in [0.2, 0.25) is 0 Å². The maximum atomic E-state index is 14.0. The number of anilines is 1. The molecule has 178 valence electrons. The summed E-state index contributed by atoms with van der Waals surface area (Å²) in [6.45, 7) is 6.81. The van der Waals surface area contributed by atoms with E-state index in [-0.39, 0.29) is 6.04 Å². The highest BCUT2D eigenvalue weighted by Gasteiger charge is 2.23. The van der Waals surface area contributed by atoms with Crippen molar-refractivity contribution >= 4 is 11.4 Å². The highest BCUT2D eigenvalue weighted by atomic mass is 19.1. The zero-order chi connectivity index (χ0) is 23.9. The molecule has 34 heavy (non-hydrogen) atoms. The fraction of sp³-hybridized carbons (Fsp3) is 0.448. The van der Waals surface area contributed by atoms with E-state index in [1.165, 1.54) is 28.7 Å². The molecule has 1 unspecified atom stereocenters. The summed E-state index contributed by atoms with van der Waals surface area (Å²) in [5.41, 5.74) is 7.06. The van der Waals surface area contributed by atoms with E-state index in [4.69, 9.17) is 10.2 Å². The Morgan fingerprint density at radius 3 is 2.53 bits per heavy atom. The number of hydrogen-bond donors (Lipinski definition) is 0. The minimum Gasteiger partial charge on any atom is -0.356 e. The molecule has 0 amide bonds. The van der Waals surface area contributed by atoms with Gasteiger partial charge in [-0.25, -0.2) is 9.37 Å². The summed E-state index contributed by atoms with van der Waals surface area (Å²) in [5, 5.41) is 8.95. The second kappa shape index (κ2) is 11.4. The zero-order valence-corrected chi connectivity index (χ0v) is 20.4. The van der Waals surface area contributed by atoms with Crippen molar-refractivity contribution in [1.29, 1.82) is 5.26 Å². The third-order valence-electron chi connectivity index (χ3n) is 7.32. The first-order chi connectivity index (χ1) is 16.6. The van der Waals surface area contributed by atoms with Gasteiger partial charge >= 0.3 is 0 Å². The molecule has 1 fully saturated rings. The normalized spacial score (nSPS) is 16.8. The molecule has 1 aromatic carbocycles. The van der Waals surface area contributed by atoms with Crippen LogP contribution in [-0.4, -0.2) is 42.4 Å². The average Bonchev–Trinajstić information content (AvgIpc) is 2.85. The van der Waals surface area contributed by atoms with Crippen LogP contribution in [-0.2, 0) is 6.42 Å². The summed E-state index contributed by atoms with van der Waals surface area (Å²) >= 11 is 0. The van der Waals surface area contributed by atoms with Crippen molar-refractivity contribution in [2.45, 2.75) is 58.4 Å². The predicted octanol–water partition coefficient (Wildman–Crippen LogP) is 6.30. The van der Waals surface area contributed by atoms with Gasteiger partial charge in [0.05, 0.1) is 11.6 Å². The lowest BCUT2D eigenvalue weighted by molar-refractivity contribution is 0.151. The first-order valence-corrected chi connectivity index (χ1v) is 12.6. The van der Waals surface area contributed by atoms with Gasteiger partial charge < -0.3 is 4.90 Å². The van der Waals surface area contributed by atoms with Gasteiger partial charge in [-0.3, -0.25) is 4.90 Å². The number of alkyl halides is 1. The molecule has 0 N–H and O–H groups in total. The van der Waals surface area contributed by atoms with E-state index in [0.29, 0.717) is 12.1 Å². The Kier molecular flexibility index (Phi) is 8.13. The second-order valence-electron chi connectivity index (χ2n) is 9.36. The predicted molar refractivity (Wildman–Crippen MR) is 137 cm³/mol. The molecule has 4 nitrogen and oxygen atoms in total. The molecule has 1 saturated heterocycles. The standard InChI is InChI=1S/C29H35FN4/c1-3-25-11-12-26(18-28(25)27-13-14-29(32-20-27)33-16-5-17-33)22(2)34(21-30)15-4-6-23-7-9-24(19-31)10-8-23/h7-10,13-14,18,20,22H,3-6,11-12,15-17,21H2,1-2H3. The van der Waals surface area contributed by atoms with Crippen molar-refractivity contribution in [3.8, 4) is 6.07 Å². The molecule has 0 spiro atoms. The Balaban J connectivity index is 1.42. The van der Waals surface area contributed by atoms with Crippen LogP contribution in [0.5, 0.6) is 0 Å². The SMILES string of the molecule is CCC1=C(c2ccc(N3CCC3)nc2)C=C(C(C)N(CF)CCCc2ccc(C#N)cc2)CC1. The molecule has 1 aromatic heterocycles. The Labute approximate surface area is 203 Å². The summed E-state index contributed by atoms with van der Waals surface area (Å²) in [6.07, 6.45) is 10.4. The molecule has 1 aliphatic carbocycles. The monoisotopic (exact) mass is 458 g/mol. The number of nitrogens with zero attached hydrogens (tertiary/aromatic N) is 4. The van der Waals surface area contributed by atoms with Crippen molar-refractivity contribution in [3.05, 3.63) is 76.5 Å². The van der Waals surface area contributed by atoms with Gasteiger partial charge in [0.15, 0.2) is 0 Å². The van der Waals surface area contributed by atoms with Crippen LogP contribution in [0.25, 0.3) is 5.57 Å². The minimum atomic E-state index is -0.447. The third-order valence-corrected chi connectivity index (χ3v) is 7.32. The van der Waals surface area contributed by atoms with Crippen molar-refractivity contribution in [2.24, 2.45) is 0 Å². The van der Waals surface area contributed by atoms with E-state index >= 15 is 0 Å². The van der Waals surface area contributed by atoms with Crippen LogP contribution in [0.1, 0.15) is 62.6 Å². The van der Waals surface area contributed by atoms with Crippen molar-refractivity contribution in [3.63, 3.8) is 0 Å². The lowest BCUT2D eigenvalue weighted by Crippen LogP contribution is -2.37. The number of halogens is 1. The molecule has 2 aromatic rings. The van der Waals surface area contributed by atoms with Crippen LogP contribution in [0.3, 0.4) is 0 Å². The molecule has 1 atom stereocenters. The average molecular weight is 459 g/mol. The molecule has 1 aliphatic heterocycles. The van der Waals surface area contributed by atoms with Crippen LogP contribution >= 0.6 is 0 Å². The number of aromatic nitrogens is 1. The molecular weight excluding hydrogens is 423 g/mol. The van der Waals surface area contributed by atoms with Crippen LogP contribution in [0.4, 0.5) is 10.2 Å². The molecule has 2 aliphatic rings.